The topological polar surface area (TPSA) is 146 Å². The summed E-state index contributed by atoms with van der Waals surface area (Å²) in [6.07, 6.45) is -1.63. The molecular weight excluding hydrogens is 517 g/mol. The number of nitrogen functional groups attached to an aromatic ring is 1. The highest BCUT2D eigenvalue weighted by atomic mass is 19.3. The zero-order chi connectivity index (χ0) is 28.5. The summed E-state index contributed by atoms with van der Waals surface area (Å²) in [6, 6.07) is 9.06. The van der Waals surface area contributed by atoms with E-state index in [2.05, 4.69) is 20.1 Å². The van der Waals surface area contributed by atoms with E-state index in [0.717, 1.165) is 16.8 Å². The summed E-state index contributed by atoms with van der Waals surface area (Å²) in [4.78, 5) is 36.4. The van der Waals surface area contributed by atoms with Gasteiger partial charge in [-0.25, -0.2) is 22.9 Å². The number of carboxylic acid groups (broad SMARTS) is 1. The first-order valence-corrected chi connectivity index (χ1v) is 11.5. The van der Waals surface area contributed by atoms with Crippen molar-refractivity contribution < 1.29 is 27.8 Å². The molecule has 10 nitrogen and oxygen atoms in total. The van der Waals surface area contributed by atoms with Crippen LogP contribution in [0.15, 0.2) is 53.5 Å². The maximum atomic E-state index is 13.6. The molecule has 0 unspecified atom stereocenters. The lowest BCUT2D eigenvalue weighted by atomic mass is 9.99. The highest BCUT2D eigenvalue weighted by molar-refractivity contribution is 5.85. The molecule has 4 rings (SSSR count). The van der Waals surface area contributed by atoms with Crippen molar-refractivity contribution >= 4 is 11.9 Å². The molecule has 13 heteroatoms. The van der Waals surface area contributed by atoms with Crippen molar-refractivity contribution in [2.24, 2.45) is 0 Å². The number of pyridine rings is 1. The number of hydrogen-bond acceptors (Lipinski definition) is 8. The largest absolute Gasteiger partial charge is 0.479 e. The van der Waals surface area contributed by atoms with Gasteiger partial charge in [-0.2, -0.15) is 10.1 Å². The summed E-state index contributed by atoms with van der Waals surface area (Å²) in [6.45, 7) is 3.88. The van der Waals surface area contributed by atoms with Crippen LogP contribution in [0, 0.1) is 12.7 Å². The number of rotatable bonds is 8. The van der Waals surface area contributed by atoms with Crippen LogP contribution in [0.4, 0.5) is 19.1 Å². The van der Waals surface area contributed by atoms with Crippen molar-refractivity contribution in [2.75, 3.05) is 5.73 Å². The Morgan fingerprint density at radius 1 is 1.10 bits per heavy atom. The predicted molar refractivity (Wildman–Crippen MR) is 135 cm³/mol. The highest BCUT2D eigenvalue weighted by Crippen LogP contribution is 2.39. The standard InChI is InChI=1S/C26H23F3N6O4/c1-13-10-15(11-17(31-13)22(28)29)20-21(14-4-6-16(27)7-5-14)32-25(30)33-23(20)39-12-18-19(36)8-9-35(34-18)26(2,3)24(37)38/h4-11,22H,12H2,1-3H3,(H,37,38)(H2,30,32,33). The van der Waals surface area contributed by atoms with Crippen LogP contribution in [0.25, 0.3) is 22.4 Å². The van der Waals surface area contributed by atoms with Crippen LogP contribution in [0.2, 0.25) is 0 Å². The zero-order valence-electron chi connectivity index (χ0n) is 21.0. The number of alkyl halides is 2. The highest BCUT2D eigenvalue weighted by Gasteiger charge is 2.30. The van der Waals surface area contributed by atoms with Gasteiger partial charge in [-0.1, -0.05) is 0 Å². The molecule has 0 amide bonds. The van der Waals surface area contributed by atoms with Gasteiger partial charge in [0.05, 0.1) is 11.3 Å². The third-order valence-corrected chi connectivity index (χ3v) is 5.82. The molecule has 202 valence electrons. The van der Waals surface area contributed by atoms with Crippen LogP contribution in [0.1, 0.15) is 37.4 Å². The summed E-state index contributed by atoms with van der Waals surface area (Å²) >= 11 is 0. The smallest absolute Gasteiger partial charge is 0.331 e. The first-order valence-electron chi connectivity index (χ1n) is 11.5. The van der Waals surface area contributed by atoms with Gasteiger partial charge in [0, 0.05) is 23.5 Å². The van der Waals surface area contributed by atoms with Crippen LogP contribution >= 0.6 is 0 Å². The molecule has 0 aliphatic rings. The van der Waals surface area contributed by atoms with E-state index in [4.69, 9.17) is 10.5 Å². The maximum absolute atomic E-state index is 13.6. The number of ether oxygens (including phenoxy) is 1. The zero-order valence-corrected chi connectivity index (χ0v) is 21.0. The molecule has 3 aromatic heterocycles. The lowest BCUT2D eigenvalue weighted by molar-refractivity contribution is -0.146. The van der Waals surface area contributed by atoms with Gasteiger partial charge in [0.25, 0.3) is 6.43 Å². The number of hydrogen-bond donors (Lipinski definition) is 2. The summed E-state index contributed by atoms with van der Waals surface area (Å²) in [7, 11) is 0. The fraction of sp³-hybridized carbons (Fsp3) is 0.231. The molecular formula is C26H23F3N6O4. The summed E-state index contributed by atoms with van der Waals surface area (Å²) in [5.41, 5.74) is 4.49. The lowest BCUT2D eigenvalue weighted by Crippen LogP contribution is -2.38. The van der Waals surface area contributed by atoms with Gasteiger partial charge in [-0.15, -0.1) is 0 Å². The number of carboxylic acids is 1. The Balaban J connectivity index is 1.87. The molecule has 1 aromatic carbocycles. The number of aromatic nitrogens is 5. The summed E-state index contributed by atoms with van der Waals surface area (Å²) in [5, 5.41) is 13.6. The van der Waals surface area contributed by atoms with E-state index in [9.17, 15) is 27.9 Å². The average Bonchev–Trinajstić information content (AvgIpc) is 2.87. The lowest BCUT2D eigenvalue weighted by Gasteiger charge is -2.22. The fourth-order valence-electron chi connectivity index (χ4n) is 3.68. The molecule has 0 atom stereocenters. The summed E-state index contributed by atoms with van der Waals surface area (Å²) in [5.74, 6) is -2.09. The Kier molecular flexibility index (Phi) is 7.34. The van der Waals surface area contributed by atoms with Gasteiger partial charge >= 0.3 is 5.97 Å². The van der Waals surface area contributed by atoms with Gasteiger partial charge in [0.1, 0.15) is 23.8 Å². The van der Waals surface area contributed by atoms with Crippen LogP contribution in [-0.2, 0) is 16.9 Å². The number of benzene rings is 1. The molecule has 3 N–H and O–H groups in total. The Morgan fingerprint density at radius 2 is 1.79 bits per heavy atom. The number of aliphatic carboxylic acids is 1. The van der Waals surface area contributed by atoms with Crippen molar-refractivity contribution in [3.8, 4) is 28.3 Å². The Labute approximate surface area is 220 Å². The van der Waals surface area contributed by atoms with E-state index < -0.39 is 41.5 Å². The van der Waals surface area contributed by atoms with Gasteiger partial charge in [-0.3, -0.25) is 14.5 Å². The van der Waals surface area contributed by atoms with E-state index in [1.807, 2.05) is 0 Å². The van der Waals surface area contributed by atoms with Gasteiger partial charge < -0.3 is 15.6 Å². The normalized spacial score (nSPS) is 11.6. The van der Waals surface area contributed by atoms with Gasteiger partial charge in [0.2, 0.25) is 17.3 Å². The number of carbonyl (C=O) groups is 1. The molecule has 0 bridgehead atoms. The average molecular weight is 541 g/mol. The van der Waals surface area contributed by atoms with Crippen molar-refractivity contribution in [1.82, 2.24) is 24.7 Å². The van der Waals surface area contributed by atoms with E-state index in [-0.39, 0.29) is 40.0 Å². The van der Waals surface area contributed by atoms with E-state index >= 15 is 0 Å². The molecule has 3 heterocycles. The fourth-order valence-corrected chi connectivity index (χ4v) is 3.68. The van der Waals surface area contributed by atoms with E-state index in [0.29, 0.717) is 5.56 Å². The third-order valence-electron chi connectivity index (χ3n) is 5.82. The van der Waals surface area contributed by atoms with Crippen molar-refractivity contribution in [1.29, 1.82) is 0 Å². The number of nitrogens with zero attached hydrogens (tertiary/aromatic N) is 5. The number of halogens is 3. The first-order chi connectivity index (χ1) is 18.4. The van der Waals surface area contributed by atoms with Gasteiger partial charge in [0.15, 0.2) is 5.54 Å². The number of anilines is 1. The maximum Gasteiger partial charge on any atom is 0.331 e. The molecule has 0 aliphatic carbocycles. The van der Waals surface area contributed by atoms with Crippen LogP contribution in [-0.4, -0.2) is 35.8 Å². The van der Waals surface area contributed by atoms with Crippen LogP contribution in [0.3, 0.4) is 0 Å². The Morgan fingerprint density at radius 3 is 2.44 bits per heavy atom. The molecule has 0 saturated carbocycles. The SMILES string of the molecule is Cc1cc(-c2c(OCc3nn(C(C)(C)C(=O)O)ccc3=O)nc(N)nc2-c2ccc(F)cc2)cc(C(F)F)n1. The summed E-state index contributed by atoms with van der Waals surface area (Å²) < 4.78 is 47.8. The second-order valence-corrected chi connectivity index (χ2v) is 9.06. The Hall–Kier alpha value is -4.81. The minimum atomic E-state index is -2.87. The molecule has 0 saturated heterocycles. The molecule has 0 aliphatic heterocycles. The van der Waals surface area contributed by atoms with Crippen LogP contribution in [0.5, 0.6) is 5.88 Å². The quantitative estimate of drug-likeness (QED) is 0.337. The second kappa shape index (κ2) is 10.5. The Bertz CT molecular complexity index is 1610. The second-order valence-electron chi connectivity index (χ2n) is 9.06. The monoisotopic (exact) mass is 540 g/mol. The molecule has 0 fully saturated rings. The van der Waals surface area contributed by atoms with Crippen LogP contribution < -0.4 is 15.9 Å². The van der Waals surface area contributed by atoms with Gasteiger partial charge in [-0.05, 0) is 62.7 Å². The molecule has 0 radical (unpaired) electrons. The third kappa shape index (κ3) is 5.71. The predicted octanol–water partition coefficient (Wildman–Crippen LogP) is 4.13. The molecule has 0 spiro atoms. The van der Waals surface area contributed by atoms with E-state index in [1.165, 1.54) is 57.3 Å². The van der Waals surface area contributed by atoms with Crippen molar-refractivity contribution in [3.05, 3.63) is 81.8 Å². The number of nitrogens with two attached hydrogens (primary N) is 1. The minimum absolute atomic E-state index is 0.141. The minimum Gasteiger partial charge on any atom is -0.479 e. The molecule has 4 aromatic rings. The molecule has 39 heavy (non-hydrogen) atoms. The first kappa shape index (κ1) is 27.2. The van der Waals surface area contributed by atoms with Crippen molar-refractivity contribution in [2.45, 2.75) is 39.3 Å². The number of aryl methyl sites for hydroxylation is 1. The van der Waals surface area contributed by atoms with Crippen molar-refractivity contribution in [3.63, 3.8) is 0 Å². The van der Waals surface area contributed by atoms with E-state index in [1.54, 1.807) is 0 Å².